The van der Waals surface area contributed by atoms with Gasteiger partial charge in [0.1, 0.15) is 6.61 Å². The van der Waals surface area contributed by atoms with Crippen molar-refractivity contribution in [2.24, 2.45) is 0 Å². The van der Waals surface area contributed by atoms with Crippen LogP contribution in [0.1, 0.15) is 49.1 Å². The van der Waals surface area contributed by atoms with Gasteiger partial charge in [0.25, 0.3) is 0 Å². The van der Waals surface area contributed by atoms with Gasteiger partial charge in [-0.2, -0.15) is 0 Å². The summed E-state index contributed by atoms with van der Waals surface area (Å²) in [7, 11) is 0. The number of rotatable bonds is 2. The van der Waals surface area contributed by atoms with Crippen LogP contribution in [0.3, 0.4) is 0 Å². The van der Waals surface area contributed by atoms with E-state index >= 15 is 0 Å². The van der Waals surface area contributed by atoms with Crippen molar-refractivity contribution in [2.45, 2.75) is 50.1 Å². The summed E-state index contributed by atoms with van der Waals surface area (Å²) in [5.41, 5.74) is 6.34. The quantitative estimate of drug-likeness (QED) is 0.662. The summed E-state index contributed by atoms with van der Waals surface area (Å²) in [6.07, 6.45) is 5.07. The Bertz CT molecular complexity index is 841. The average Bonchev–Trinajstić information content (AvgIpc) is 2.99. The molecular weight excluding hydrogens is 334 g/mol. The van der Waals surface area contributed by atoms with Gasteiger partial charge in [-0.15, -0.1) is 0 Å². The highest BCUT2D eigenvalue weighted by atomic mass is 16.6. The Kier molecular flexibility index (Phi) is 4.04. The number of amides is 1. The zero-order valence-corrected chi connectivity index (χ0v) is 15.6. The molecule has 0 saturated carbocycles. The van der Waals surface area contributed by atoms with Crippen molar-refractivity contribution < 1.29 is 9.53 Å². The third-order valence-electron chi connectivity index (χ3n) is 6.46. The van der Waals surface area contributed by atoms with E-state index in [1.54, 1.807) is 0 Å². The smallest absolute Gasteiger partial charge is 0.410 e. The van der Waals surface area contributed by atoms with Crippen LogP contribution >= 0.6 is 0 Å². The largest absolute Gasteiger partial charge is 0.448 e. The molecule has 2 unspecified atom stereocenters. The van der Waals surface area contributed by atoms with Gasteiger partial charge in [-0.05, 0) is 54.4 Å². The maximum absolute atomic E-state index is 13.0. The Balaban J connectivity index is 1.36. The molecule has 3 aliphatic rings. The first-order valence-electron chi connectivity index (χ1n) is 10.0. The number of carbonyl (C=O) groups is 1. The average molecular weight is 359 g/mol. The lowest BCUT2D eigenvalue weighted by Crippen LogP contribution is -2.53. The number of benzene rings is 2. The first-order chi connectivity index (χ1) is 13.2. The number of ether oxygens (including phenoxy) is 1. The van der Waals surface area contributed by atoms with Crippen LogP contribution in [0.15, 0.2) is 60.7 Å². The molecule has 3 nitrogen and oxygen atoms in total. The first kappa shape index (κ1) is 16.6. The fourth-order valence-electron chi connectivity index (χ4n) is 5.28. The predicted molar refractivity (Wildman–Crippen MR) is 107 cm³/mol. The van der Waals surface area contributed by atoms with Crippen molar-refractivity contribution in [3.05, 3.63) is 71.8 Å². The fourth-order valence-corrected chi connectivity index (χ4v) is 5.28. The van der Waals surface area contributed by atoms with Crippen LogP contribution in [0.2, 0.25) is 0 Å². The van der Waals surface area contributed by atoms with E-state index in [2.05, 4.69) is 55.1 Å². The zero-order valence-electron chi connectivity index (χ0n) is 15.6. The summed E-state index contributed by atoms with van der Waals surface area (Å²) in [6, 6.07) is 17.5. The molecule has 138 valence electrons. The molecule has 1 aliphatic carbocycles. The Morgan fingerprint density at radius 1 is 0.963 bits per heavy atom. The van der Waals surface area contributed by atoms with Crippen molar-refractivity contribution in [3.63, 3.8) is 0 Å². The number of hydrogen-bond acceptors (Lipinski definition) is 2. The molecule has 5 rings (SSSR count). The van der Waals surface area contributed by atoms with E-state index in [0.29, 0.717) is 6.61 Å². The summed E-state index contributed by atoms with van der Waals surface area (Å²) in [5.74, 6) is 0.126. The minimum absolute atomic E-state index is 0.126. The number of hydrogen-bond donors (Lipinski definition) is 0. The molecule has 2 aliphatic heterocycles. The number of nitrogens with zero attached hydrogens (tertiary/aromatic N) is 1. The number of piperidine rings is 2. The summed E-state index contributed by atoms with van der Waals surface area (Å²) in [4.78, 5) is 15.0. The van der Waals surface area contributed by atoms with Gasteiger partial charge < -0.3 is 9.64 Å². The van der Waals surface area contributed by atoms with Gasteiger partial charge in [-0.3, -0.25) is 0 Å². The standard InChI is InChI=1S/C24H25NO2/c1-16-13-17-7-6-8-18(14-16)25(17)24(26)27-15-23-21-11-4-2-9-19(21)20-10-3-5-12-22(20)23/h2-5,9-12,17-18,23H,1,6-8,13-15H2. The second kappa shape index (κ2) is 6.56. The highest BCUT2D eigenvalue weighted by molar-refractivity contribution is 5.79. The Morgan fingerprint density at radius 3 is 2.11 bits per heavy atom. The van der Waals surface area contributed by atoms with Crippen LogP contribution in [-0.2, 0) is 4.74 Å². The summed E-state index contributed by atoms with van der Waals surface area (Å²) in [6.45, 7) is 4.58. The molecule has 27 heavy (non-hydrogen) atoms. The Morgan fingerprint density at radius 2 is 1.52 bits per heavy atom. The third-order valence-corrected chi connectivity index (χ3v) is 6.46. The van der Waals surface area contributed by atoms with E-state index in [4.69, 9.17) is 4.74 Å². The lowest BCUT2D eigenvalue weighted by Gasteiger charge is -2.46. The van der Waals surface area contributed by atoms with E-state index in [0.717, 1.165) is 25.7 Å². The van der Waals surface area contributed by atoms with Crippen LogP contribution < -0.4 is 0 Å². The second-order valence-electron chi connectivity index (χ2n) is 8.11. The van der Waals surface area contributed by atoms with Crippen molar-refractivity contribution in [3.8, 4) is 11.1 Å². The molecule has 2 bridgehead atoms. The summed E-state index contributed by atoms with van der Waals surface area (Å²) < 4.78 is 5.91. The van der Waals surface area contributed by atoms with E-state index in [9.17, 15) is 4.79 Å². The molecular formula is C24H25NO2. The van der Waals surface area contributed by atoms with Crippen LogP contribution in [0.25, 0.3) is 11.1 Å². The zero-order chi connectivity index (χ0) is 18.4. The molecule has 2 aromatic rings. The molecule has 1 amide bonds. The molecule has 2 heterocycles. The molecule has 2 fully saturated rings. The maximum atomic E-state index is 13.0. The maximum Gasteiger partial charge on any atom is 0.410 e. The van der Waals surface area contributed by atoms with Gasteiger partial charge in [0.2, 0.25) is 0 Å². The van der Waals surface area contributed by atoms with Gasteiger partial charge in [0, 0.05) is 18.0 Å². The molecule has 0 aromatic heterocycles. The van der Waals surface area contributed by atoms with Gasteiger partial charge in [-0.1, -0.05) is 60.7 Å². The molecule has 3 heteroatoms. The van der Waals surface area contributed by atoms with Gasteiger partial charge in [-0.25, -0.2) is 4.79 Å². The molecule has 2 atom stereocenters. The van der Waals surface area contributed by atoms with Crippen molar-refractivity contribution in [1.82, 2.24) is 4.90 Å². The number of carbonyl (C=O) groups excluding carboxylic acids is 1. The third kappa shape index (κ3) is 2.77. The Labute approximate surface area is 160 Å². The lowest BCUT2D eigenvalue weighted by molar-refractivity contribution is 0.0339. The lowest BCUT2D eigenvalue weighted by atomic mass is 9.82. The summed E-state index contributed by atoms with van der Waals surface area (Å²) in [5, 5.41) is 0. The van der Waals surface area contributed by atoms with Gasteiger partial charge in [0.05, 0.1) is 0 Å². The van der Waals surface area contributed by atoms with E-state index < -0.39 is 0 Å². The first-order valence-corrected chi connectivity index (χ1v) is 10.0. The molecule has 2 saturated heterocycles. The van der Waals surface area contributed by atoms with Gasteiger partial charge in [0.15, 0.2) is 0 Å². The highest BCUT2D eigenvalue weighted by Crippen LogP contribution is 2.45. The predicted octanol–water partition coefficient (Wildman–Crippen LogP) is 5.51. The van der Waals surface area contributed by atoms with Crippen LogP contribution in [-0.4, -0.2) is 29.7 Å². The van der Waals surface area contributed by atoms with Crippen LogP contribution in [0.5, 0.6) is 0 Å². The van der Waals surface area contributed by atoms with Crippen LogP contribution in [0.4, 0.5) is 4.79 Å². The molecule has 2 aromatic carbocycles. The molecule has 0 N–H and O–H groups in total. The van der Waals surface area contributed by atoms with Crippen molar-refractivity contribution in [2.75, 3.05) is 6.61 Å². The minimum Gasteiger partial charge on any atom is -0.448 e. The fraction of sp³-hybridized carbons (Fsp3) is 0.375. The topological polar surface area (TPSA) is 29.5 Å². The van der Waals surface area contributed by atoms with E-state index in [1.807, 2.05) is 4.90 Å². The van der Waals surface area contributed by atoms with Crippen molar-refractivity contribution in [1.29, 1.82) is 0 Å². The van der Waals surface area contributed by atoms with Gasteiger partial charge >= 0.3 is 6.09 Å². The van der Waals surface area contributed by atoms with Crippen molar-refractivity contribution >= 4 is 6.09 Å². The Hall–Kier alpha value is -2.55. The minimum atomic E-state index is -0.140. The summed E-state index contributed by atoms with van der Waals surface area (Å²) >= 11 is 0. The van der Waals surface area contributed by atoms with E-state index in [1.165, 1.54) is 34.2 Å². The molecule has 0 spiro atoms. The molecule has 0 radical (unpaired) electrons. The normalized spacial score (nSPS) is 23.7. The van der Waals surface area contributed by atoms with Crippen LogP contribution in [0, 0.1) is 0 Å². The monoisotopic (exact) mass is 359 g/mol. The van der Waals surface area contributed by atoms with E-state index in [-0.39, 0.29) is 24.1 Å². The second-order valence-corrected chi connectivity index (χ2v) is 8.11. The highest BCUT2D eigenvalue weighted by Gasteiger charge is 2.39. The number of fused-ring (bicyclic) bond motifs is 5. The SMILES string of the molecule is C=C1CC2CCCC(C1)N2C(=O)OCC1c2ccccc2-c2ccccc21.